The van der Waals surface area contributed by atoms with E-state index in [-0.39, 0.29) is 10.3 Å². The second kappa shape index (κ2) is 10.6. The van der Waals surface area contributed by atoms with E-state index in [1.165, 1.54) is 23.8 Å². The number of aryl methyl sites for hydroxylation is 1. The molecule has 0 aliphatic rings. The van der Waals surface area contributed by atoms with Crippen molar-refractivity contribution in [2.45, 2.75) is 44.9 Å². The number of carbonyl (C=O) groups is 1. The molecule has 35 heavy (non-hydrogen) atoms. The number of nitrogens with zero attached hydrogens (tertiary/aromatic N) is 2. The number of hydrogen-bond acceptors (Lipinski definition) is 4. The van der Waals surface area contributed by atoms with Crippen LogP contribution in [0.1, 0.15) is 44.4 Å². The molecule has 0 fully saturated rings. The minimum Gasteiger partial charge on any atom is -0.271 e. The van der Waals surface area contributed by atoms with Gasteiger partial charge in [-0.2, -0.15) is 5.10 Å². The number of benzene rings is 3. The second-order valence-electron chi connectivity index (χ2n) is 9.32. The monoisotopic (exact) mass is 511 g/mol. The normalized spacial score (nSPS) is 12.3. The van der Waals surface area contributed by atoms with E-state index in [4.69, 9.17) is 11.6 Å². The zero-order valence-corrected chi connectivity index (χ0v) is 22.1. The fourth-order valence-corrected chi connectivity index (χ4v) is 5.12. The number of carbonyl (C=O) groups excluding carboxylic acids is 1. The molecule has 0 aliphatic heterocycles. The van der Waals surface area contributed by atoms with Gasteiger partial charge >= 0.3 is 0 Å². The topological polar surface area (TPSA) is 78.8 Å². The molecule has 0 spiro atoms. The molecule has 0 atom stereocenters. The van der Waals surface area contributed by atoms with Gasteiger partial charge in [0.05, 0.1) is 16.3 Å². The van der Waals surface area contributed by atoms with Crippen molar-refractivity contribution in [1.29, 1.82) is 0 Å². The SMILES string of the molecule is C/C(=N/NC(=O)CN(c1cc(Cl)ccc1C)S(=O)(=O)c1ccccc1)c1ccc(C(C)(C)C)cc1. The van der Waals surface area contributed by atoms with Crippen LogP contribution in [0.5, 0.6) is 0 Å². The zero-order valence-electron chi connectivity index (χ0n) is 20.5. The van der Waals surface area contributed by atoms with Crippen molar-refractivity contribution in [3.63, 3.8) is 0 Å². The van der Waals surface area contributed by atoms with Gasteiger partial charge in [0.2, 0.25) is 0 Å². The lowest BCUT2D eigenvalue weighted by Crippen LogP contribution is -2.40. The van der Waals surface area contributed by atoms with Gasteiger partial charge in [-0.25, -0.2) is 13.8 Å². The first kappa shape index (κ1) is 26.4. The van der Waals surface area contributed by atoms with Gasteiger partial charge in [0.1, 0.15) is 6.54 Å². The maximum atomic E-state index is 13.5. The Balaban J connectivity index is 1.86. The van der Waals surface area contributed by atoms with Crippen LogP contribution in [0.4, 0.5) is 5.69 Å². The Hall–Kier alpha value is -3.16. The number of amides is 1. The molecular formula is C27H30ClN3O3S. The summed E-state index contributed by atoms with van der Waals surface area (Å²) in [5.41, 5.74) is 6.18. The first-order valence-corrected chi connectivity index (χ1v) is 13.0. The van der Waals surface area contributed by atoms with Gasteiger partial charge in [0.25, 0.3) is 15.9 Å². The fraction of sp³-hybridized carbons (Fsp3) is 0.259. The van der Waals surface area contributed by atoms with Crippen LogP contribution < -0.4 is 9.73 Å². The van der Waals surface area contributed by atoms with Crippen LogP contribution in [-0.4, -0.2) is 26.6 Å². The molecule has 0 heterocycles. The third kappa shape index (κ3) is 6.50. The Morgan fingerprint density at radius 3 is 2.23 bits per heavy atom. The lowest BCUT2D eigenvalue weighted by atomic mass is 9.86. The summed E-state index contributed by atoms with van der Waals surface area (Å²) in [6, 6.07) is 20.9. The van der Waals surface area contributed by atoms with Crippen LogP contribution in [-0.2, 0) is 20.2 Å². The maximum Gasteiger partial charge on any atom is 0.264 e. The molecule has 8 heteroatoms. The van der Waals surface area contributed by atoms with Crippen molar-refractivity contribution >= 4 is 38.9 Å². The number of rotatable bonds is 7. The first-order valence-electron chi connectivity index (χ1n) is 11.2. The fourth-order valence-electron chi connectivity index (χ4n) is 3.46. The van der Waals surface area contributed by atoms with Gasteiger partial charge in [-0.05, 0) is 60.2 Å². The Morgan fingerprint density at radius 1 is 1.00 bits per heavy atom. The summed E-state index contributed by atoms with van der Waals surface area (Å²) >= 11 is 6.16. The number of anilines is 1. The minimum atomic E-state index is -4.03. The van der Waals surface area contributed by atoms with Crippen LogP contribution in [0.3, 0.4) is 0 Å². The Labute approximate surface area is 212 Å². The Bertz CT molecular complexity index is 1330. The molecule has 1 N–H and O–H groups in total. The molecule has 1 amide bonds. The van der Waals surface area contributed by atoms with Crippen LogP contribution >= 0.6 is 11.6 Å². The lowest BCUT2D eigenvalue weighted by molar-refractivity contribution is -0.119. The molecule has 184 valence electrons. The van der Waals surface area contributed by atoms with E-state index in [1.807, 2.05) is 24.3 Å². The number of sulfonamides is 1. The summed E-state index contributed by atoms with van der Waals surface area (Å²) in [5, 5.41) is 4.56. The van der Waals surface area contributed by atoms with Gasteiger partial charge in [-0.1, -0.05) is 80.9 Å². The molecule has 3 aromatic carbocycles. The predicted octanol–water partition coefficient (Wildman–Crippen LogP) is 5.68. The van der Waals surface area contributed by atoms with E-state index < -0.39 is 22.5 Å². The number of halogens is 1. The lowest BCUT2D eigenvalue weighted by Gasteiger charge is -2.25. The Morgan fingerprint density at radius 2 is 1.63 bits per heavy atom. The van der Waals surface area contributed by atoms with Crippen LogP contribution in [0.25, 0.3) is 0 Å². The summed E-state index contributed by atoms with van der Waals surface area (Å²) in [4.78, 5) is 12.9. The quantitative estimate of drug-likeness (QED) is 0.327. The predicted molar refractivity (Wildman–Crippen MR) is 143 cm³/mol. The summed E-state index contributed by atoms with van der Waals surface area (Å²) in [5.74, 6) is -0.574. The standard InChI is InChI=1S/C27H30ClN3O3S/c1-19-11-16-23(28)17-25(19)31(35(33,34)24-9-7-6-8-10-24)18-26(32)30-29-20(2)21-12-14-22(15-13-21)27(3,4)5/h6-17H,18H2,1-5H3,(H,30,32)/b29-20-. The van der Waals surface area contributed by atoms with E-state index in [1.54, 1.807) is 44.2 Å². The van der Waals surface area contributed by atoms with Crippen molar-refractivity contribution in [2.75, 3.05) is 10.8 Å². The highest BCUT2D eigenvalue weighted by molar-refractivity contribution is 7.92. The van der Waals surface area contributed by atoms with E-state index in [2.05, 4.69) is 31.3 Å². The average molecular weight is 512 g/mol. The number of hydrogen-bond donors (Lipinski definition) is 1. The molecule has 0 radical (unpaired) electrons. The maximum absolute atomic E-state index is 13.5. The van der Waals surface area contributed by atoms with E-state index >= 15 is 0 Å². The van der Waals surface area contributed by atoms with Gasteiger partial charge in [0.15, 0.2) is 0 Å². The van der Waals surface area contributed by atoms with E-state index in [0.717, 1.165) is 9.87 Å². The van der Waals surface area contributed by atoms with Crippen molar-refractivity contribution in [1.82, 2.24) is 5.43 Å². The molecular weight excluding hydrogens is 482 g/mol. The minimum absolute atomic E-state index is 0.0317. The Kier molecular flexibility index (Phi) is 8.03. The second-order valence-corrected chi connectivity index (χ2v) is 11.6. The first-order chi connectivity index (χ1) is 16.4. The van der Waals surface area contributed by atoms with Crippen molar-refractivity contribution < 1.29 is 13.2 Å². The third-order valence-corrected chi connectivity index (χ3v) is 7.58. The molecule has 3 aromatic rings. The van der Waals surface area contributed by atoms with Gasteiger partial charge in [-0.3, -0.25) is 9.10 Å². The molecule has 6 nitrogen and oxygen atoms in total. The van der Waals surface area contributed by atoms with Crippen LogP contribution in [0, 0.1) is 6.92 Å². The molecule has 0 saturated heterocycles. The third-order valence-electron chi connectivity index (χ3n) is 5.58. The van der Waals surface area contributed by atoms with E-state index in [9.17, 15) is 13.2 Å². The molecule has 3 rings (SSSR count). The van der Waals surface area contributed by atoms with Gasteiger partial charge in [-0.15, -0.1) is 0 Å². The smallest absolute Gasteiger partial charge is 0.264 e. The van der Waals surface area contributed by atoms with Crippen molar-refractivity contribution in [3.8, 4) is 0 Å². The highest BCUT2D eigenvalue weighted by Crippen LogP contribution is 2.29. The number of hydrazone groups is 1. The summed E-state index contributed by atoms with van der Waals surface area (Å²) in [7, 11) is -4.03. The molecule has 0 aliphatic carbocycles. The molecule has 0 aromatic heterocycles. The highest BCUT2D eigenvalue weighted by Gasteiger charge is 2.28. The van der Waals surface area contributed by atoms with Crippen molar-refractivity contribution in [3.05, 3.63) is 94.5 Å². The summed E-state index contributed by atoms with van der Waals surface area (Å²) < 4.78 is 28.0. The van der Waals surface area contributed by atoms with E-state index in [0.29, 0.717) is 22.0 Å². The average Bonchev–Trinajstić information content (AvgIpc) is 2.82. The summed E-state index contributed by atoms with van der Waals surface area (Å²) in [6.07, 6.45) is 0. The summed E-state index contributed by atoms with van der Waals surface area (Å²) in [6.45, 7) is 9.50. The zero-order chi connectivity index (χ0) is 25.8. The number of nitrogens with one attached hydrogen (secondary N) is 1. The highest BCUT2D eigenvalue weighted by atomic mass is 35.5. The van der Waals surface area contributed by atoms with Crippen molar-refractivity contribution in [2.24, 2.45) is 5.10 Å². The largest absolute Gasteiger partial charge is 0.271 e. The van der Waals surface area contributed by atoms with Gasteiger partial charge in [0, 0.05) is 5.02 Å². The van der Waals surface area contributed by atoms with Gasteiger partial charge < -0.3 is 0 Å². The van der Waals surface area contributed by atoms with Crippen LogP contribution in [0.2, 0.25) is 5.02 Å². The van der Waals surface area contributed by atoms with Crippen LogP contribution in [0.15, 0.2) is 82.8 Å². The molecule has 0 saturated carbocycles. The molecule has 0 unspecified atom stereocenters. The molecule has 0 bridgehead atoms.